The molecule has 0 aliphatic rings. The lowest BCUT2D eigenvalue weighted by Gasteiger charge is -2.15. The predicted molar refractivity (Wildman–Crippen MR) is 65.8 cm³/mol. The maximum atomic E-state index is 9.18. The van der Waals surface area contributed by atoms with E-state index in [9.17, 15) is 5.26 Å². The highest BCUT2D eigenvalue weighted by Gasteiger charge is 2.10. The van der Waals surface area contributed by atoms with Gasteiger partial charge in [0.25, 0.3) is 0 Å². The van der Waals surface area contributed by atoms with Crippen molar-refractivity contribution < 1.29 is 0 Å². The fourth-order valence-electron chi connectivity index (χ4n) is 1.65. The van der Waals surface area contributed by atoms with Gasteiger partial charge < -0.3 is 4.90 Å². The molecule has 0 bridgehead atoms. The number of nitrogens with zero attached hydrogens (tertiary/aromatic N) is 3. The lowest BCUT2D eigenvalue weighted by atomic mass is 10.1. The molecule has 0 aliphatic carbocycles. The molecule has 2 aromatic rings. The van der Waals surface area contributed by atoms with Gasteiger partial charge in [-0.15, -0.1) is 0 Å². The normalized spacial score (nSPS) is 10.1. The Labute approximate surface area is 98.9 Å². The number of anilines is 1. The van der Waals surface area contributed by atoms with E-state index < -0.39 is 0 Å². The molecule has 3 nitrogen and oxygen atoms in total. The summed E-state index contributed by atoms with van der Waals surface area (Å²) in [7, 11) is 3.80. The topological polar surface area (TPSA) is 39.9 Å². The molecule has 0 atom stereocenters. The van der Waals surface area contributed by atoms with Crippen LogP contribution in [0.25, 0.3) is 10.9 Å². The molecule has 0 amide bonds. The third-order valence-corrected chi connectivity index (χ3v) is 2.60. The highest BCUT2D eigenvalue weighted by molar-refractivity contribution is 6.31. The highest BCUT2D eigenvalue weighted by atomic mass is 35.5. The van der Waals surface area contributed by atoms with E-state index in [-0.39, 0.29) is 0 Å². The van der Waals surface area contributed by atoms with Crippen LogP contribution in [-0.2, 0) is 0 Å². The Morgan fingerprint density at radius 3 is 2.75 bits per heavy atom. The number of aromatic nitrogens is 1. The number of benzene rings is 1. The first-order valence-corrected chi connectivity index (χ1v) is 5.17. The Morgan fingerprint density at radius 1 is 1.38 bits per heavy atom. The summed E-state index contributed by atoms with van der Waals surface area (Å²) in [5, 5.41) is 10.6. The van der Waals surface area contributed by atoms with Gasteiger partial charge >= 0.3 is 0 Å². The summed E-state index contributed by atoms with van der Waals surface area (Å²) in [6.07, 6.45) is 1.56. The maximum Gasteiger partial charge on any atom is 0.104 e. The Morgan fingerprint density at radius 2 is 2.12 bits per heavy atom. The number of rotatable bonds is 1. The lowest BCUT2D eigenvalue weighted by molar-refractivity contribution is 1.13. The fraction of sp³-hybridized carbons (Fsp3) is 0.167. The Hall–Kier alpha value is -1.79. The van der Waals surface area contributed by atoms with Crippen LogP contribution in [0.2, 0.25) is 5.02 Å². The van der Waals surface area contributed by atoms with Gasteiger partial charge in [-0.2, -0.15) is 5.26 Å². The molecule has 0 fully saturated rings. The van der Waals surface area contributed by atoms with Crippen molar-refractivity contribution in [3.8, 4) is 6.07 Å². The fourth-order valence-corrected chi connectivity index (χ4v) is 1.81. The van der Waals surface area contributed by atoms with Gasteiger partial charge in [-0.1, -0.05) is 17.7 Å². The predicted octanol–water partition coefficient (Wildman–Crippen LogP) is 2.83. The van der Waals surface area contributed by atoms with E-state index in [0.29, 0.717) is 16.1 Å². The Kier molecular flexibility index (Phi) is 2.67. The average molecular weight is 232 g/mol. The molecule has 4 heteroatoms. The second-order valence-corrected chi connectivity index (χ2v) is 4.13. The van der Waals surface area contributed by atoms with Gasteiger partial charge in [-0.05, 0) is 12.1 Å². The lowest BCUT2D eigenvalue weighted by Crippen LogP contribution is -2.10. The van der Waals surface area contributed by atoms with Crippen molar-refractivity contribution in [1.82, 2.24) is 4.98 Å². The molecule has 1 heterocycles. The SMILES string of the molecule is CN(C)c1ccc2cc(Cl)cnc2c1C#N. The number of halogens is 1. The van der Waals surface area contributed by atoms with Gasteiger partial charge in [0.05, 0.1) is 16.2 Å². The smallest absolute Gasteiger partial charge is 0.104 e. The largest absolute Gasteiger partial charge is 0.377 e. The molecule has 0 spiro atoms. The minimum Gasteiger partial charge on any atom is -0.377 e. The average Bonchev–Trinajstić information content (AvgIpc) is 2.26. The van der Waals surface area contributed by atoms with Crippen LogP contribution in [-0.4, -0.2) is 19.1 Å². The third-order valence-electron chi connectivity index (χ3n) is 2.39. The Bertz CT molecular complexity index is 585. The van der Waals surface area contributed by atoms with Gasteiger partial charge in [0, 0.05) is 25.7 Å². The van der Waals surface area contributed by atoms with Crippen LogP contribution in [0, 0.1) is 11.3 Å². The van der Waals surface area contributed by atoms with Crippen LogP contribution < -0.4 is 4.90 Å². The monoisotopic (exact) mass is 231 g/mol. The third kappa shape index (κ3) is 1.68. The summed E-state index contributed by atoms with van der Waals surface area (Å²) >= 11 is 5.86. The van der Waals surface area contributed by atoms with E-state index in [1.807, 2.05) is 37.2 Å². The number of nitriles is 1. The standard InChI is InChI=1S/C12H10ClN3/c1-16(2)11-4-3-8-5-9(13)7-15-12(8)10(11)6-14/h3-5,7H,1-2H3. The minimum atomic E-state index is 0.578. The molecular formula is C12H10ClN3. The van der Waals surface area contributed by atoms with Crippen LogP contribution in [0.5, 0.6) is 0 Å². The van der Waals surface area contributed by atoms with Gasteiger partial charge in [0.2, 0.25) is 0 Å². The quantitative estimate of drug-likeness (QED) is 0.758. The maximum absolute atomic E-state index is 9.18. The van der Waals surface area contributed by atoms with Crippen LogP contribution in [0.1, 0.15) is 5.56 Å². The van der Waals surface area contributed by atoms with E-state index >= 15 is 0 Å². The van der Waals surface area contributed by atoms with E-state index in [1.54, 1.807) is 6.20 Å². The molecular weight excluding hydrogens is 222 g/mol. The first kappa shape index (κ1) is 10.7. The van der Waals surface area contributed by atoms with Gasteiger partial charge in [-0.3, -0.25) is 4.98 Å². The molecule has 0 saturated heterocycles. The second-order valence-electron chi connectivity index (χ2n) is 3.69. The van der Waals surface area contributed by atoms with Crippen molar-refractivity contribution in [2.75, 3.05) is 19.0 Å². The van der Waals surface area contributed by atoms with Crippen molar-refractivity contribution >= 4 is 28.2 Å². The minimum absolute atomic E-state index is 0.578. The summed E-state index contributed by atoms with van der Waals surface area (Å²) in [4.78, 5) is 6.11. The number of fused-ring (bicyclic) bond motifs is 1. The molecule has 0 N–H and O–H groups in total. The molecule has 1 aromatic carbocycles. The van der Waals surface area contributed by atoms with E-state index in [2.05, 4.69) is 11.1 Å². The van der Waals surface area contributed by atoms with Crippen LogP contribution in [0.4, 0.5) is 5.69 Å². The summed E-state index contributed by atoms with van der Waals surface area (Å²) in [6.45, 7) is 0. The first-order chi connectivity index (χ1) is 7.63. The molecule has 2 rings (SSSR count). The summed E-state index contributed by atoms with van der Waals surface area (Å²) < 4.78 is 0. The van der Waals surface area contributed by atoms with Gasteiger partial charge in [0.1, 0.15) is 11.6 Å². The summed E-state index contributed by atoms with van der Waals surface area (Å²) in [5.41, 5.74) is 2.14. The van der Waals surface area contributed by atoms with E-state index in [0.717, 1.165) is 11.1 Å². The zero-order valence-corrected chi connectivity index (χ0v) is 9.78. The van der Waals surface area contributed by atoms with Crippen molar-refractivity contribution in [1.29, 1.82) is 5.26 Å². The molecule has 1 aromatic heterocycles. The molecule has 0 aliphatic heterocycles. The first-order valence-electron chi connectivity index (χ1n) is 4.79. The van der Waals surface area contributed by atoms with Crippen molar-refractivity contribution in [3.63, 3.8) is 0 Å². The zero-order valence-electron chi connectivity index (χ0n) is 9.03. The molecule has 0 radical (unpaired) electrons. The number of hydrogen-bond acceptors (Lipinski definition) is 3. The van der Waals surface area contributed by atoms with Crippen molar-refractivity contribution in [3.05, 3.63) is 35.0 Å². The Balaban J connectivity index is 2.82. The van der Waals surface area contributed by atoms with E-state index in [1.165, 1.54) is 0 Å². The summed E-state index contributed by atoms with van der Waals surface area (Å²) in [5.74, 6) is 0. The van der Waals surface area contributed by atoms with Crippen LogP contribution >= 0.6 is 11.6 Å². The second kappa shape index (κ2) is 3.99. The molecule has 0 unspecified atom stereocenters. The number of hydrogen-bond donors (Lipinski definition) is 0. The number of pyridine rings is 1. The highest BCUT2D eigenvalue weighted by Crippen LogP contribution is 2.27. The van der Waals surface area contributed by atoms with Crippen molar-refractivity contribution in [2.45, 2.75) is 0 Å². The van der Waals surface area contributed by atoms with Crippen LogP contribution in [0.3, 0.4) is 0 Å². The van der Waals surface area contributed by atoms with E-state index in [4.69, 9.17) is 11.6 Å². The zero-order chi connectivity index (χ0) is 11.7. The molecule has 16 heavy (non-hydrogen) atoms. The molecule has 0 saturated carbocycles. The van der Waals surface area contributed by atoms with Gasteiger partial charge in [0.15, 0.2) is 0 Å². The molecule has 80 valence electrons. The van der Waals surface area contributed by atoms with Gasteiger partial charge in [-0.25, -0.2) is 0 Å². The summed E-state index contributed by atoms with van der Waals surface area (Å²) in [6, 6.07) is 7.82. The van der Waals surface area contributed by atoms with Crippen LogP contribution in [0.15, 0.2) is 24.4 Å². The van der Waals surface area contributed by atoms with Crippen molar-refractivity contribution in [2.24, 2.45) is 0 Å².